The third-order valence-electron chi connectivity index (χ3n) is 2.04. The number of furan rings is 1. The fraction of sp³-hybridized carbons (Fsp3) is 0.0909. The number of ether oxygens (including phenoxy) is 1. The average molecular weight is 232 g/mol. The molecular formula is C11H8N2O4. The molecule has 0 aliphatic rings. The number of carbonyl (C=O) groups is 2. The molecule has 2 aromatic rings. The number of carbonyl (C=O) groups excluding carboxylic acids is 2. The van der Waals surface area contributed by atoms with Gasteiger partial charge in [0.2, 0.25) is 11.5 Å². The van der Waals surface area contributed by atoms with E-state index in [1.165, 1.54) is 38.0 Å². The van der Waals surface area contributed by atoms with E-state index in [0.717, 1.165) is 0 Å². The highest BCUT2D eigenvalue weighted by molar-refractivity contribution is 6.07. The number of ketones is 1. The molecule has 2 aromatic heterocycles. The number of rotatable bonds is 3. The summed E-state index contributed by atoms with van der Waals surface area (Å²) in [5, 5.41) is 0. The van der Waals surface area contributed by atoms with E-state index in [4.69, 9.17) is 4.42 Å². The van der Waals surface area contributed by atoms with Gasteiger partial charge in [0, 0.05) is 12.4 Å². The second-order valence-corrected chi connectivity index (χ2v) is 3.11. The van der Waals surface area contributed by atoms with Crippen LogP contribution in [0.4, 0.5) is 0 Å². The van der Waals surface area contributed by atoms with Crippen molar-refractivity contribution in [2.24, 2.45) is 0 Å². The molecule has 0 N–H and O–H groups in total. The van der Waals surface area contributed by atoms with Gasteiger partial charge in [-0.25, -0.2) is 14.8 Å². The fourth-order valence-corrected chi connectivity index (χ4v) is 1.23. The van der Waals surface area contributed by atoms with Gasteiger partial charge in [-0.1, -0.05) is 0 Å². The number of hydrogen-bond donors (Lipinski definition) is 0. The maximum Gasteiger partial charge on any atom is 0.373 e. The molecule has 0 saturated carbocycles. The van der Waals surface area contributed by atoms with Crippen LogP contribution in [0.3, 0.4) is 0 Å². The minimum absolute atomic E-state index is 0.0206. The summed E-state index contributed by atoms with van der Waals surface area (Å²) >= 11 is 0. The van der Waals surface area contributed by atoms with E-state index in [2.05, 4.69) is 14.7 Å². The van der Waals surface area contributed by atoms with Crippen LogP contribution < -0.4 is 0 Å². The van der Waals surface area contributed by atoms with Crippen molar-refractivity contribution in [1.82, 2.24) is 9.97 Å². The highest BCUT2D eigenvalue weighted by Gasteiger charge is 2.17. The van der Waals surface area contributed by atoms with Crippen LogP contribution in [0.15, 0.2) is 35.3 Å². The van der Waals surface area contributed by atoms with E-state index >= 15 is 0 Å². The zero-order valence-electron chi connectivity index (χ0n) is 8.91. The standard InChI is InChI=1S/C11H8N2O4/c1-16-11(15)9-3-2-8(17-9)10(14)7-4-12-6-13-5-7/h2-6H,1H3. The van der Waals surface area contributed by atoms with Crippen LogP contribution in [0, 0.1) is 0 Å². The molecule has 0 amide bonds. The summed E-state index contributed by atoms with van der Waals surface area (Å²) in [5.74, 6) is -0.998. The van der Waals surface area contributed by atoms with Crippen molar-refractivity contribution < 1.29 is 18.7 Å². The molecule has 6 heteroatoms. The maximum absolute atomic E-state index is 11.8. The van der Waals surface area contributed by atoms with Crippen LogP contribution in [0.25, 0.3) is 0 Å². The molecule has 0 bridgehead atoms. The Bertz CT molecular complexity index is 548. The lowest BCUT2D eigenvalue weighted by atomic mass is 10.2. The monoisotopic (exact) mass is 232 g/mol. The quantitative estimate of drug-likeness (QED) is 0.581. The molecule has 0 saturated heterocycles. The predicted octanol–water partition coefficient (Wildman–Crippen LogP) is 1.09. The molecule has 0 aliphatic carbocycles. The van der Waals surface area contributed by atoms with Crippen LogP contribution >= 0.6 is 0 Å². The minimum Gasteiger partial charge on any atom is -0.463 e. The Morgan fingerprint density at radius 1 is 1.18 bits per heavy atom. The summed E-state index contributed by atoms with van der Waals surface area (Å²) < 4.78 is 9.54. The first-order valence-corrected chi connectivity index (χ1v) is 4.70. The van der Waals surface area contributed by atoms with E-state index < -0.39 is 5.97 Å². The van der Waals surface area contributed by atoms with Crippen molar-refractivity contribution in [2.75, 3.05) is 7.11 Å². The van der Waals surface area contributed by atoms with Gasteiger partial charge in [-0.3, -0.25) is 4.79 Å². The van der Waals surface area contributed by atoms with Gasteiger partial charge in [0.05, 0.1) is 12.7 Å². The average Bonchev–Trinajstić information content (AvgIpc) is 2.87. The Morgan fingerprint density at radius 3 is 2.47 bits per heavy atom. The van der Waals surface area contributed by atoms with Crippen molar-refractivity contribution in [1.29, 1.82) is 0 Å². The van der Waals surface area contributed by atoms with Crippen LogP contribution in [0.5, 0.6) is 0 Å². The zero-order valence-corrected chi connectivity index (χ0v) is 8.91. The van der Waals surface area contributed by atoms with Crippen molar-refractivity contribution >= 4 is 11.8 Å². The van der Waals surface area contributed by atoms with E-state index in [-0.39, 0.29) is 17.3 Å². The first-order chi connectivity index (χ1) is 8.22. The van der Waals surface area contributed by atoms with Gasteiger partial charge in [0.1, 0.15) is 6.33 Å². The Hall–Kier alpha value is -2.50. The molecule has 0 atom stereocenters. The molecule has 0 spiro atoms. The van der Waals surface area contributed by atoms with Gasteiger partial charge in [-0.05, 0) is 12.1 Å². The summed E-state index contributed by atoms with van der Waals surface area (Å²) in [5.41, 5.74) is 0.290. The summed E-state index contributed by atoms with van der Waals surface area (Å²) in [6.07, 6.45) is 4.06. The predicted molar refractivity (Wildman–Crippen MR) is 55.5 cm³/mol. The normalized spacial score (nSPS) is 9.94. The van der Waals surface area contributed by atoms with Crippen LogP contribution in [0.1, 0.15) is 26.7 Å². The lowest BCUT2D eigenvalue weighted by Gasteiger charge is -1.96. The highest BCUT2D eigenvalue weighted by Crippen LogP contribution is 2.13. The van der Waals surface area contributed by atoms with E-state index in [1.54, 1.807) is 0 Å². The van der Waals surface area contributed by atoms with Gasteiger partial charge in [0.25, 0.3) is 0 Å². The fourth-order valence-electron chi connectivity index (χ4n) is 1.23. The Morgan fingerprint density at radius 2 is 1.82 bits per heavy atom. The van der Waals surface area contributed by atoms with Crippen molar-refractivity contribution in [3.8, 4) is 0 Å². The summed E-state index contributed by atoms with van der Waals surface area (Å²) in [6, 6.07) is 2.78. The largest absolute Gasteiger partial charge is 0.463 e. The Balaban J connectivity index is 2.27. The molecule has 2 heterocycles. The molecule has 0 fully saturated rings. The molecule has 2 rings (SSSR count). The molecule has 17 heavy (non-hydrogen) atoms. The highest BCUT2D eigenvalue weighted by atomic mass is 16.5. The first-order valence-electron chi connectivity index (χ1n) is 4.70. The van der Waals surface area contributed by atoms with Crippen LogP contribution in [-0.2, 0) is 4.74 Å². The molecule has 0 unspecified atom stereocenters. The SMILES string of the molecule is COC(=O)c1ccc(C(=O)c2cncnc2)o1. The van der Waals surface area contributed by atoms with Gasteiger partial charge < -0.3 is 9.15 Å². The Labute approximate surface area is 96.3 Å². The van der Waals surface area contributed by atoms with Gasteiger partial charge in [0.15, 0.2) is 5.76 Å². The number of hydrogen-bond acceptors (Lipinski definition) is 6. The maximum atomic E-state index is 11.8. The number of esters is 1. The molecule has 0 radical (unpaired) electrons. The topological polar surface area (TPSA) is 82.3 Å². The molecule has 86 valence electrons. The van der Waals surface area contributed by atoms with E-state index in [1.807, 2.05) is 0 Å². The van der Waals surface area contributed by atoms with Gasteiger partial charge in [-0.2, -0.15) is 0 Å². The zero-order chi connectivity index (χ0) is 12.3. The lowest BCUT2D eigenvalue weighted by molar-refractivity contribution is 0.0563. The van der Waals surface area contributed by atoms with Gasteiger partial charge >= 0.3 is 5.97 Å². The lowest BCUT2D eigenvalue weighted by Crippen LogP contribution is -2.02. The number of nitrogens with zero attached hydrogens (tertiary/aromatic N) is 2. The van der Waals surface area contributed by atoms with Crippen LogP contribution in [-0.4, -0.2) is 28.8 Å². The van der Waals surface area contributed by atoms with Crippen molar-refractivity contribution in [2.45, 2.75) is 0 Å². The molecular weight excluding hydrogens is 224 g/mol. The third kappa shape index (κ3) is 2.20. The second kappa shape index (κ2) is 4.56. The van der Waals surface area contributed by atoms with Gasteiger partial charge in [-0.15, -0.1) is 0 Å². The van der Waals surface area contributed by atoms with Crippen LogP contribution in [0.2, 0.25) is 0 Å². The summed E-state index contributed by atoms with van der Waals surface area (Å²) in [6.45, 7) is 0. The summed E-state index contributed by atoms with van der Waals surface area (Å²) in [7, 11) is 1.23. The second-order valence-electron chi connectivity index (χ2n) is 3.11. The smallest absolute Gasteiger partial charge is 0.373 e. The molecule has 0 aliphatic heterocycles. The van der Waals surface area contributed by atoms with Crippen molar-refractivity contribution in [3.63, 3.8) is 0 Å². The van der Waals surface area contributed by atoms with Crippen molar-refractivity contribution in [3.05, 3.63) is 47.9 Å². The first kappa shape index (κ1) is 11.0. The number of methoxy groups -OCH3 is 1. The number of aromatic nitrogens is 2. The summed E-state index contributed by atoms with van der Waals surface area (Å²) in [4.78, 5) is 30.4. The molecule has 0 aromatic carbocycles. The Kier molecular flexibility index (Phi) is 2.95. The minimum atomic E-state index is -0.631. The molecule has 6 nitrogen and oxygen atoms in total. The van der Waals surface area contributed by atoms with E-state index in [9.17, 15) is 9.59 Å². The third-order valence-corrected chi connectivity index (χ3v) is 2.04. The van der Waals surface area contributed by atoms with E-state index in [0.29, 0.717) is 5.56 Å².